The normalized spacial score (nSPS) is 10.6. The van der Waals surface area contributed by atoms with E-state index < -0.39 is 5.82 Å². The van der Waals surface area contributed by atoms with Gasteiger partial charge in [-0.3, -0.25) is 0 Å². The number of nitrogens with zero attached hydrogens (tertiary/aromatic N) is 1. The van der Waals surface area contributed by atoms with Crippen molar-refractivity contribution in [2.45, 2.75) is 6.61 Å². The third-order valence-electron chi connectivity index (χ3n) is 2.00. The monoisotopic (exact) mass is 227 g/mol. The predicted molar refractivity (Wildman–Crippen MR) is 52.8 cm³/mol. The molecule has 1 aromatic heterocycles. The van der Waals surface area contributed by atoms with E-state index in [0.29, 0.717) is 16.9 Å². The maximum absolute atomic E-state index is 13.2. The van der Waals surface area contributed by atoms with E-state index in [1.165, 1.54) is 18.3 Å². The Labute approximate surface area is 90.1 Å². The van der Waals surface area contributed by atoms with Crippen molar-refractivity contribution in [3.63, 3.8) is 0 Å². The van der Waals surface area contributed by atoms with Gasteiger partial charge in [0, 0.05) is 11.1 Å². The smallest absolute Gasteiger partial charge is 0.172 e. The van der Waals surface area contributed by atoms with Gasteiger partial charge in [0.2, 0.25) is 0 Å². The highest BCUT2D eigenvalue weighted by Gasteiger charge is 2.11. The molecule has 0 radical (unpaired) electrons. The zero-order chi connectivity index (χ0) is 10.8. The van der Waals surface area contributed by atoms with Crippen LogP contribution < -0.4 is 0 Å². The molecule has 0 saturated heterocycles. The maximum Gasteiger partial charge on any atom is 0.172 e. The van der Waals surface area contributed by atoms with Crippen LogP contribution in [0.1, 0.15) is 5.56 Å². The van der Waals surface area contributed by atoms with E-state index in [1.54, 1.807) is 6.07 Å². The summed E-state index contributed by atoms with van der Waals surface area (Å²) in [7, 11) is 0. The fourth-order valence-corrected chi connectivity index (χ4v) is 1.37. The Morgan fingerprint density at radius 1 is 1.47 bits per heavy atom. The Hall–Kier alpha value is -1.39. The van der Waals surface area contributed by atoms with Crippen molar-refractivity contribution < 1.29 is 14.0 Å². The van der Waals surface area contributed by atoms with E-state index in [0.717, 1.165) is 0 Å². The second-order valence-electron chi connectivity index (χ2n) is 2.97. The lowest BCUT2D eigenvalue weighted by molar-refractivity contribution is 0.281. The molecule has 0 aliphatic rings. The molecule has 1 heterocycles. The largest absolute Gasteiger partial charge is 0.391 e. The Morgan fingerprint density at radius 3 is 2.93 bits per heavy atom. The van der Waals surface area contributed by atoms with Gasteiger partial charge in [-0.1, -0.05) is 16.8 Å². The third kappa shape index (κ3) is 1.86. The van der Waals surface area contributed by atoms with Crippen LogP contribution in [-0.4, -0.2) is 10.3 Å². The minimum Gasteiger partial charge on any atom is -0.391 e. The summed E-state index contributed by atoms with van der Waals surface area (Å²) < 4.78 is 18.1. The van der Waals surface area contributed by atoms with E-state index in [1.807, 2.05) is 0 Å². The Bertz CT molecular complexity index is 484. The van der Waals surface area contributed by atoms with Crippen LogP contribution in [0.5, 0.6) is 0 Å². The zero-order valence-electron chi connectivity index (χ0n) is 7.58. The second-order valence-corrected chi connectivity index (χ2v) is 3.37. The molecule has 1 N–H and O–H groups in total. The fourth-order valence-electron chi connectivity index (χ4n) is 1.25. The summed E-state index contributed by atoms with van der Waals surface area (Å²) in [4.78, 5) is 0. The molecule has 1 aromatic carbocycles. The summed E-state index contributed by atoms with van der Waals surface area (Å²) in [5.41, 5.74) is 1.01. The number of hydrogen-bond donors (Lipinski definition) is 1. The first kappa shape index (κ1) is 10.1. The van der Waals surface area contributed by atoms with Crippen LogP contribution >= 0.6 is 11.6 Å². The standard InChI is InChI=1S/C10H7ClFNO2/c11-8-2-1-6(3-9(8)12)10-7(5-14)4-13-15-10/h1-4,14H,5H2. The molecule has 0 aliphatic heterocycles. The number of rotatable bonds is 2. The van der Waals surface area contributed by atoms with E-state index in [9.17, 15) is 4.39 Å². The molecule has 5 heteroatoms. The summed E-state index contributed by atoms with van der Waals surface area (Å²) in [6.45, 7) is -0.205. The first-order chi connectivity index (χ1) is 7.22. The number of aliphatic hydroxyl groups is 1. The van der Waals surface area contributed by atoms with E-state index in [2.05, 4.69) is 5.16 Å². The summed E-state index contributed by atoms with van der Waals surface area (Å²) in [6.07, 6.45) is 1.39. The highest BCUT2D eigenvalue weighted by molar-refractivity contribution is 6.30. The first-order valence-corrected chi connectivity index (χ1v) is 4.60. The molecule has 0 unspecified atom stereocenters. The molecular weight excluding hydrogens is 221 g/mol. The topological polar surface area (TPSA) is 46.3 Å². The molecule has 2 rings (SSSR count). The molecule has 0 atom stereocenters. The minimum absolute atomic E-state index is 0.0452. The third-order valence-corrected chi connectivity index (χ3v) is 2.30. The van der Waals surface area contributed by atoms with Crippen molar-refractivity contribution in [1.82, 2.24) is 5.16 Å². The molecule has 0 amide bonds. The fraction of sp³-hybridized carbons (Fsp3) is 0.100. The molecule has 0 spiro atoms. The van der Waals surface area contributed by atoms with Crippen LogP contribution in [-0.2, 0) is 6.61 Å². The highest BCUT2D eigenvalue weighted by atomic mass is 35.5. The number of hydrogen-bond acceptors (Lipinski definition) is 3. The van der Waals surface area contributed by atoms with Crippen molar-refractivity contribution >= 4 is 11.6 Å². The quantitative estimate of drug-likeness (QED) is 0.858. The summed E-state index contributed by atoms with van der Waals surface area (Å²) in [5.74, 6) is -0.178. The highest BCUT2D eigenvalue weighted by Crippen LogP contribution is 2.26. The van der Waals surface area contributed by atoms with Crippen molar-refractivity contribution in [3.8, 4) is 11.3 Å². The van der Waals surface area contributed by atoms with Crippen LogP contribution in [0, 0.1) is 5.82 Å². The van der Waals surface area contributed by atoms with E-state index in [-0.39, 0.29) is 11.6 Å². The van der Waals surface area contributed by atoms with Gasteiger partial charge in [-0.15, -0.1) is 0 Å². The van der Waals surface area contributed by atoms with Gasteiger partial charge in [-0.2, -0.15) is 0 Å². The Morgan fingerprint density at radius 2 is 2.27 bits per heavy atom. The van der Waals surface area contributed by atoms with Gasteiger partial charge in [0.1, 0.15) is 5.82 Å². The van der Waals surface area contributed by atoms with Crippen molar-refractivity contribution in [1.29, 1.82) is 0 Å². The van der Waals surface area contributed by atoms with Crippen LogP contribution in [0.4, 0.5) is 4.39 Å². The summed E-state index contributed by atoms with van der Waals surface area (Å²) in [6, 6.07) is 4.27. The molecule has 2 aromatic rings. The van der Waals surface area contributed by atoms with Crippen LogP contribution in [0.3, 0.4) is 0 Å². The van der Waals surface area contributed by atoms with Crippen molar-refractivity contribution in [2.75, 3.05) is 0 Å². The minimum atomic E-state index is -0.533. The van der Waals surface area contributed by atoms with Gasteiger partial charge in [0.05, 0.1) is 17.8 Å². The lowest BCUT2D eigenvalue weighted by Crippen LogP contribution is -1.85. The van der Waals surface area contributed by atoms with Crippen molar-refractivity contribution in [3.05, 3.63) is 40.8 Å². The van der Waals surface area contributed by atoms with Crippen LogP contribution in [0.2, 0.25) is 5.02 Å². The van der Waals surface area contributed by atoms with Gasteiger partial charge >= 0.3 is 0 Å². The van der Waals surface area contributed by atoms with Gasteiger partial charge in [0.25, 0.3) is 0 Å². The molecule has 0 bridgehead atoms. The molecule has 0 aliphatic carbocycles. The number of halogens is 2. The van der Waals surface area contributed by atoms with Gasteiger partial charge < -0.3 is 9.63 Å². The number of benzene rings is 1. The molecular formula is C10H7ClFNO2. The molecule has 0 saturated carbocycles. The SMILES string of the molecule is OCc1cnoc1-c1ccc(Cl)c(F)c1. The summed E-state index contributed by atoms with van der Waals surface area (Å²) in [5, 5.41) is 12.5. The Balaban J connectivity index is 2.50. The molecule has 78 valence electrons. The van der Waals surface area contributed by atoms with Gasteiger partial charge in [-0.05, 0) is 18.2 Å². The average molecular weight is 228 g/mol. The van der Waals surface area contributed by atoms with Gasteiger partial charge in [0.15, 0.2) is 5.76 Å². The predicted octanol–water partition coefficient (Wildman–Crippen LogP) is 2.63. The second kappa shape index (κ2) is 4.00. The summed E-state index contributed by atoms with van der Waals surface area (Å²) >= 11 is 5.55. The first-order valence-electron chi connectivity index (χ1n) is 4.22. The lowest BCUT2D eigenvalue weighted by atomic mass is 10.1. The van der Waals surface area contributed by atoms with E-state index >= 15 is 0 Å². The number of aromatic nitrogens is 1. The molecule has 0 fully saturated rings. The van der Waals surface area contributed by atoms with Gasteiger partial charge in [-0.25, -0.2) is 4.39 Å². The van der Waals surface area contributed by atoms with Crippen LogP contribution in [0.15, 0.2) is 28.9 Å². The number of aliphatic hydroxyl groups excluding tert-OH is 1. The van der Waals surface area contributed by atoms with Crippen molar-refractivity contribution in [2.24, 2.45) is 0 Å². The van der Waals surface area contributed by atoms with E-state index in [4.69, 9.17) is 21.2 Å². The zero-order valence-corrected chi connectivity index (χ0v) is 8.33. The molecule has 3 nitrogen and oxygen atoms in total. The average Bonchev–Trinajstić information content (AvgIpc) is 2.70. The maximum atomic E-state index is 13.2. The van der Waals surface area contributed by atoms with Crippen LogP contribution in [0.25, 0.3) is 11.3 Å². The lowest BCUT2D eigenvalue weighted by Gasteiger charge is -1.99. The Kier molecular flexibility index (Phi) is 2.70. The molecule has 15 heavy (non-hydrogen) atoms.